The van der Waals surface area contributed by atoms with Gasteiger partial charge >= 0.3 is 0 Å². The zero-order valence-electron chi connectivity index (χ0n) is 15.0. The van der Waals surface area contributed by atoms with Gasteiger partial charge in [0.05, 0.1) is 5.69 Å². The Bertz CT molecular complexity index is 831. The monoisotopic (exact) mass is 374 g/mol. The van der Waals surface area contributed by atoms with Gasteiger partial charge in [-0.2, -0.15) is 0 Å². The molecular weight excluding hydrogens is 352 g/mol. The highest BCUT2D eigenvalue weighted by molar-refractivity contribution is 6.31. The number of aromatic nitrogens is 2. The average molecular weight is 375 g/mol. The van der Waals surface area contributed by atoms with Crippen molar-refractivity contribution in [1.29, 1.82) is 0 Å². The van der Waals surface area contributed by atoms with E-state index >= 15 is 0 Å². The van der Waals surface area contributed by atoms with E-state index in [1.807, 2.05) is 18.4 Å². The Hall–Kier alpha value is -2.34. The molecule has 0 saturated carbocycles. The summed E-state index contributed by atoms with van der Waals surface area (Å²) in [6.07, 6.45) is 3.53. The van der Waals surface area contributed by atoms with Gasteiger partial charge in [-0.15, -0.1) is 0 Å². The van der Waals surface area contributed by atoms with Gasteiger partial charge < -0.3 is 15.2 Å². The molecule has 2 N–H and O–H groups in total. The molecule has 0 fully saturated rings. The van der Waals surface area contributed by atoms with Gasteiger partial charge in [0.25, 0.3) is 11.8 Å². The number of nitrogens with zero attached hydrogens (tertiary/aromatic N) is 2. The molecule has 2 amide bonds. The number of rotatable bonds is 5. The van der Waals surface area contributed by atoms with Crippen molar-refractivity contribution in [1.82, 2.24) is 14.9 Å². The lowest BCUT2D eigenvalue weighted by Gasteiger charge is -2.18. The third kappa shape index (κ3) is 3.90. The van der Waals surface area contributed by atoms with E-state index in [0.29, 0.717) is 28.8 Å². The first-order valence-corrected chi connectivity index (χ1v) is 9.34. The molecule has 0 bridgehead atoms. The number of nitrogens with one attached hydrogen (secondary N) is 2. The van der Waals surface area contributed by atoms with E-state index in [1.165, 1.54) is 0 Å². The van der Waals surface area contributed by atoms with Crippen molar-refractivity contribution < 1.29 is 9.59 Å². The highest BCUT2D eigenvalue weighted by atomic mass is 35.5. The lowest BCUT2D eigenvalue weighted by atomic mass is 10.1. The van der Waals surface area contributed by atoms with Crippen molar-refractivity contribution in [3.63, 3.8) is 0 Å². The Labute approximate surface area is 157 Å². The Kier molecular flexibility index (Phi) is 5.61. The molecule has 3 rings (SSSR count). The quantitative estimate of drug-likeness (QED) is 0.838. The first-order valence-electron chi connectivity index (χ1n) is 8.96. The Morgan fingerprint density at radius 1 is 1.31 bits per heavy atom. The Balaban J connectivity index is 1.89. The fourth-order valence-electron chi connectivity index (χ4n) is 3.05. The smallest absolute Gasteiger partial charge is 0.287 e. The van der Waals surface area contributed by atoms with Crippen LogP contribution in [-0.2, 0) is 13.0 Å². The lowest BCUT2D eigenvalue weighted by molar-refractivity contribution is 0.0923. The number of benzene rings is 1. The second-order valence-corrected chi connectivity index (χ2v) is 7.02. The third-order valence-corrected chi connectivity index (χ3v) is 4.84. The number of halogens is 1. The predicted octanol–water partition coefficient (Wildman–Crippen LogP) is 3.65. The van der Waals surface area contributed by atoms with E-state index in [1.54, 1.807) is 24.3 Å². The fraction of sp³-hybridized carbons (Fsp3) is 0.421. The molecular formula is C19H23ClN4O2. The normalized spacial score (nSPS) is 14.4. The number of imidazole rings is 1. The van der Waals surface area contributed by atoms with E-state index in [4.69, 9.17) is 11.6 Å². The van der Waals surface area contributed by atoms with Crippen LogP contribution in [0.5, 0.6) is 0 Å². The van der Waals surface area contributed by atoms with Gasteiger partial charge in [0.15, 0.2) is 11.5 Å². The molecule has 2 aromatic rings. The first-order chi connectivity index (χ1) is 12.5. The number of carbonyl (C=O) groups excluding carboxylic acids is 2. The van der Waals surface area contributed by atoms with Gasteiger partial charge in [0.1, 0.15) is 0 Å². The number of anilines is 1. The van der Waals surface area contributed by atoms with Gasteiger partial charge in [0, 0.05) is 23.3 Å². The van der Waals surface area contributed by atoms with Crippen LogP contribution in [0.25, 0.3) is 0 Å². The van der Waals surface area contributed by atoms with Gasteiger partial charge in [0.2, 0.25) is 0 Å². The van der Waals surface area contributed by atoms with Crippen molar-refractivity contribution in [2.45, 2.75) is 52.1 Å². The van der Waals surface area contributed by atoms with Crippen molar-refractivity contribution in [2.75, 3.05) is 5.32 Å². The Morgan fingerprint density at radius 3 is 2.85 bits per heavy atom. The molecule has 138 valence electrons. The highest BCUT2D eigenvalue weighted by Crippen LogP contribution is 2.23. The summed E-state index contributed by atoms with van der Waals surface area (Å²) in [6.45, 7) is 4.66. The molecule has 7 heteroatoms. The van der Waals surface area contributed by atoms with E-state index in [-0.39, 0.29) is 17.9 Å². The van der Waals surface area contributed by atoms with E-state index < -0.39 is 0 Å². The molecule has 26 heavy (non-hydrogen) atoms. The molecule has 1 aliphatic heterocycles. The summed E-state index contributed by atoms with van der Waals surface area (Å²) in [5, 5.41) is 6.30. The van der Waals surface area contributed by atoms with Gasteiger partial charge in [-0.1, -0.05) is 24.6 Å². The maximum Gasteiger partial charge on any atom is 0.287 e. The molecule has 1 unspecified atom stereocenters. The molecule has 0 saturated heterocycles. The lowest BCUT2D eigenvalue weighted by Crippen LogP contribution is -2.34. The zero-order chi connectivity index (χ0) is 18.7. The zero-order valence-corrected chi connectivity index (χ0v) is 15.8. The van der Waals surface area contributed by atoms with Crippen LogP contribution in [0.2, 0.25) is 5.02 Å². The van der Waals surface area contributed by atoms with Crippen LogP contribution in [0.4, 0.5) is 5.69 Å². The van der Waals surface area contributed by atoms with E-state index in [9.17, 15) is 9.59 Å². The number of carbonyl (C=O) groups is 2. The van der Waals surface area contributed by atoms with Crippen LogP contribution in [-0.4, -0.2) is 27.4 Å². The van der Waals surface area contributed by atoms with Crippen LogP contribution >= 0.6 is 11.6 Å². The molecule has 2 heterocycles. The summed E-state index contributed by atoms with van der Waals surface area (Å²) in [4.78, 5) is 29.7. The van der Waals surface area contributed by atoms with Crippen LogP contribution in [0.1, 0.15) is 59.9 Å². The summed E-state index contributed by atoms with van der Waals surface area (Å²) < 4.78 is 1.88. The first kappa shape index (κ1) is 18.5. The van der Waals surface area contributed by atoms with Crippen molar-refractivity contribution in [2.24, 2.45) is 0 Å². The standard InChI is InChI=1S/C19H23ClN4O2/c1-3-12(2)21-19(26)17-23-16(15-9-4-5-10-24(15)17)18(25)22-14-8-6-7-13(20)11-14/h6-8,11-12H,3-5,9-10H2,1-2H3,(H,21,26)(H,22,25). The largest absolute Gasteiger partial charge is 0.347 e. The van der Waals surface area contributed by atoms with E-state index in [2.05, 4.69) is 15.6 Å². The summed E-state index contributed by atoms with van der Waals surface area (Å²) in [5.41, 5.74) is 1.75. The van der Waals surface area contributed by atoms with Gasteiger partial charge in [-0.3, -0.25) is 9.59 Å². The van der Waals surface area contributed by atoms with Gasteiger partial charge in [-0.25, -0.2) is 4.98 Å². The number of hydrogen-bond acceptors (Lipinski definition) is 3. The van der Waals surface area contributed by atoms with Crippen LogP contribution < -0.4 is 10.6 Å². The molecule has 1 atom stereocenters. The molecule has 0 aliphatic carbocycles. The van der Waals surface area contributed by atoms with Crippen LogP contribution in [0.3, 0.4) is 0 Å². The molecule has 1 aromatic carbocycles. The maximum atomic E-state index is 12.7. The van der Waals surface area contributed by atoms with Crippen LogP contribution in [0, 0.1) is 0 Å². The predicted molar refractivity (Wildman–Crippen MR) is 102 cm³/mol. The second-order valence-electron chi connectivity index (χ2n) is 6.59. The van der Waals surface area contributed by atoms with Crippen molar-refractivity contribution in [3.05, 3.63) is 46.5 Å². The van der Waals surface area contributed by atoms with Crippen molar-refractivity contribution >= 4 is 29.1 Å². The minimum absolute atomic E-state index is 0.0581. The third-order valence-electron chi connectivity index (χ3n) is 4.61. The molecule has 6 nitrogen and oxygen atoms in total. The number of fused-ring (bicyclic) bond motifs is 1. The second kappa shape index (κ2) is 7.91. The minimum atomic E-state index is -0.319. The molecule has 0 radical (unpaired) electrons. The van der Waals surface area contributed by atoms with Gasteiger partial charge in [-0.05, 0) is 50.8 Å². The number of amides is 2. The topological polar surface area (TPSA) is 76.0 Å². The molecule has 1 aromatic heterocycles. The van der Waals surface area contributed by atoms with E-state index in [0.717, 1.165) is 31.4 Å². The fourth-order valence-corrected chi connectivity index (χ4v) is 3.24. The summed E-state index contributed by atoms with van der Waals surface area (Å²) >= 11 is 5.97. The highest BCUT2D eigenvalue weighted by Gasteiger charge is 2.27. The average Bonchev–Trinajstić information content (AvgIpc) is 3.01. The molecule has 1 aliphatic rings. The summed E-state index contributed by atoms with van der Waals surface area (Å²) in [6, 6.07) is 7.02. The van der Waals surface area contributed by atoms with Crippen molar-refractivity contribution in [3.8, 4) is 0 Å². The summed E-state index contributed by atoms with van der Waals surface area (Å²) in [7, 11) is 0. The number of hydrogen-bond donors (Lipinski definition) is 2. The Morgan fingerprint density at radius 2 is 2.12 bits per heavy atom. The maximum absolute atomic E-state index is 12.7. The SMILES string of the molecule is CCC(C)NC(=O)c1nc(C(=O)Nc2cccc(Cl)c2)c2n1CCCC2. The molecule has 0 spiro atoms. The van der Waals surface area contributed by atoms with Crippen LogP contribution in [0.15, 0.2) is 24.3 Å². The minimum Gasteiger partial charge on any atom is -0.347 e. The summed E-state index contributed by atoms with van der Waals surface area (Å²) in [5.74, 6) is -0.235.